The molecule has 4 aliphatic carbocycles. The first-order chi connectivity index (χ1) is 18.5. The summed E-state index contributed by atoms with van der Waals surface area (Å²) in [5.41, 5.74) is 2.92. The van der Waals surface area contributed by atoms with Crippen LogP contribution in [0.2, 0.25) is 10.0 Å². The van der Waals surface area contributed by atoms with Gasteiger partial charge < -0.3 is 4.74 Å². The minimum Gasteiger partial charge on any atom is -0.446 e. The van der Waals surface area contributed by atoms with Crippen LogP contribution in [0.1, 0.15) is 105 Å². The number of allylic oxidation sites excluding steroid dienone is 1. The molecule has 1 aromatic rings. The Morgan fingerprint density at radius 2 is 1.82 bits per heavy atom. The summed E-state index contributed by atoms with van der Waals surface area (Å²) in [6, 6.07) is 5.09. The highest BCUT2D eigenvalue weighted by Crippen LogP contribution is 2.67. The zero-order chi connectivity index (χ0) is 27.9. The summed E-state index contributed by atoms with van der Waals surface area (Å²) < 4.78 is 5.90. The van der Waals surface area contributed by atoms with Gasteiger partial charge in [0.25, 0.3) is 0 Å². The van der Waals surface area contributed by atoms with Crippen molar-refractivity contribution >= 4 is 35.0 Å². The quantitative estimate of drug-likeness (QED) is 0.329. The first kappa shape index (κ1) is 29.3. The largest absolute Gasteiger partial charge is 0.446 e. The van der Waals surface area contributed by atoms with Crippen molar-refractivity contribution < 1.29 is 9.53 Å². The maximum absolute atomic E-state index is 12.7. The van der Waals surface area contributed by atoms with Crippen LogP contribution in [-0.2, 0) is 4.74 Å². The zero-order valence-corrected chi connectivity index (χ0v) is 26.2. The van der Waals surface area contributed by atoms with Gasteiger partial charge in [0.2, 0.25) is 0 Å². The molecule has 4 aliphatic rings. The highest BCUT2D eigenvalue weighted by molar-refractivity contribution is 6.42. The third kappa shape index (κ3) is 5.78. The molecule has 0 saturated heterocycles. The standard InChI is InChI=1S/C34H49Cl2NO2/c1-21(2)7-6-8-22(3)27-12-13-28-26-11-9-23-19-25(15-17-33(23,4)29(26)16-18-34(27,28)5)39-32(38)37-24-10-14-30(35)31(36)20-24/h9-10,14,20-22,25-29H,6-8,11-13,15-19H2,1-5H3,(H,37,38)/t22-,25-,26+,27-,28+,29+,33-,34+/m0/s1. The van der Waals surface area contributed by atoms with Gasteiger partial charge in [0.05, 0.1) is 10.0 Å². The molecular weight excluding hydrogens is 525 g/mol. The van der Waals surface area contributed by atoms with Crippen molar-refractivity contribution in [3.8, 4) is 0 Å². The van der Waals surface area contributed by atoms with E-state index in [0.29, 0.717) is 21.1 Å². The highest BCUT2D eigenvalue weighted by atomic mass is 35.5. The Balaban J connectivity index is 1.21. The van der Waals surface area contributed by atoms with Crippen LogP contribution in [0.4, 0.5) is 10.5 Å². The van der Waals surface area contributed by atoms with Crippen LogP contribution >= 0.6 is 23.2 Å². The zero-order valence-electron chi connectivity index (χ0n) is 24.7. The van der Waals surface area contributed by atoms with E-state index in [9.17, 15) is 4.79 Å². The predicted molar refractivity (Wildman–Crippen MR) is 163 cm³/mol. The van der Waals surface area contributed by atoms with Crippen LogP contribution in [0.15, 0.2) is 29.8 Å². The van der Waals surface area contributed by atoms with E-state index in [1.54, 1.807) is 23.8 Å². The van der Waals surface area contributed by atoms with E-state index in [1.165, 1.54) is 51.4 Å². The second-order valence-electron chi connectivity index (χ2n) is 14.3. The number of carbonyl (C=O) groups is 1. The minimum atomic E-state index is -0.413. The van der Waals surface area contributed by atoms with Crippen LogP contribution in [0.3, 0.4) is 0 Å². The van der Waals surface area contributed by atoms with E-state index in [0.717, 1.165) is 54.8 Å². The van der Waals surface area contributed by atoms with Gasteiger partial charge in [-0.15, -0.1) is 0 Å². The van der Waals surface area contributed by atoms with Crippen molar-refractivity contribution in [2.45, 2.75) is 111 Å². The van der Waals surface area contributed by atoms with Crippen LogP contribution in [0, 0.1) is 46.3 Å². The lowest BCUT2D eigenvalue weighted by atomic mass is 9.47. The number of rotatable bonds is 7. The van der Waals surface area contributed by atoms with Gasteiger partial charge in [-0.25, -0.2) is 4.79 Å². The molecule has 0 aromatic heterocycles. The highest BCUT2D eigenvalue weighted by Gasteiger charge is 2.59. The van der Waals surface area contributed by atoms with Crippen LogP contribution in [0.5, 0.6) is 0 Å². The van der Waals surface area contributed by atoms with Gasteiger partial charge in [0.15, 0.2) is 0 Å². The van der Waals surface area contributed by atoms with Crippen molar-refractivity contribution in [1.82, 2.24) is 0 Å². The van der Waals surface area contributed by atoms with E-state index in [4.69, 9.17) is 27.9 Å². The third-order valence-corrected chi connectivity index (χ3v) is 12.4. The smallest absolute Gasteiger partial charge is 0.411 e. The molecule has 0 heterocycles. The van der Waals surface area contributed by atoms with Crippen LogP contribution in [0.25, 0.3) is 0 Å². The Hall–Kier alpha value is -1.19. The number of hydrogen-bond acceptors (Lipinski definition) is 2. The molecule has 1 aromatic carbocycles. The second-order valence-corrected chi connectivity index (χ2v) is 15.1. The first-order valence-electron chi connectivity index (χ1n) is 15.6. The topological polar surface area (TPSA) is 38.3 Å². The van der Waals surface area contributed by atoms with Gasteiger partial charge in [0.1, 0.15) is 6.10 Å². The van der Waals surface area contributed by atoms with Gasteiger partial charge in [-0.2, -0.15) is 0 Å². The van der Waals surface area contributed by atoms with E-state index >= 15 is 0 Å². The minimum absolute atomic E-state index is 0.0694. The Labute approximate surface area is 246 Å². The lowest BCUT2D eigenvalue weighted by molar-refractivity contribution is -0.0577. The summed E-state index contributed by atoms with van der Waals surface area (Å²) in [4.78, 5) is 12.7. The fraction of sp³-hybridized carbons (Fsp3) is 0.735. The number of ether oxygens (including phenoxy) is 1. The van der Waals surface area contributed by atoms with Crippen molar-refractivity contribution in [3.63, 3.8) is 0 Å². The summed E-state index contributed by atoms with van der Waals surface area (Å²) in [5.74, 6) is 5.03. The van der Waals surface area contributed by atoms with E-state index in [2.05, 4.69) is 46.0 Å². The molecule has 5 heteroatoms. The van der Waals surface area contributed by atoms with Crippen molar-refractivity contribution in [2.24, 2.45) is 46.3 Å². The summed E-state index contributed by atoms with van der Waals surface area (Å²) in [7, 11) is 0. The number of fused-ring (bicyclic) bond motifs is 5. The van der Waals surface area contributed by atoms with Crippen molar-refractivity contribution in [3.05, 3.63) is 39.9 Å². The van der Waals surface area contributed by atoms with E-state index < -0.39 is 6.09 Å². The van der Waals surface area contributed by atoms with E-state index in [1.807, 2.05) is 0 Å². The third-order valence-electron chi connectivity index (χ3n) is 11.7. The molecule has 3 nitrogen and oxygen atoms in total. The molecule has 3 saturated carbocycles. The molecule has 0 spiro atoms. The monoisotopic (exact) mass is 573 g/mol. The van der Waals surface area contributed by atoms with Gasteiger partial charge >= 0.3 is 6.09 Å². The fourth-order valence-electron chi connectivity index (χ4n) is 9.63. The normalized spacial score (nSPS) is 36.4. The summed E-state index contributed by atoms with van der Waals surface area (Å²) in [5, 5.41) is 3.71. The lowest BCUT2D eigenvalue weighted by Crippen LogP contribution is -2.51. The van der Waals surface area contributed by atoms with Crippen LogP contribution < -0.4 is 5.32 Å². The maximum atomic E-state index is 12.7. The Morgan fingerprint density at radius 1 is 1.03 bits per heavy atom. The van der Waals surface area contributed by atoms with Gasteiger partial charge in [-0.05, 0) is 109 Å². The molecule has 5 rings (SSSR count). The summed E-state index contributed by atoms with van der Waals surface area (Å²) in [6.45, 7) is 12.5. The SMILES string of the molecule is CC(C)CCC[C@H](C)[C@@H]1CC[C@@H]2[C@H]3CC=C4C[C@@H](OC(=O)Nc5ccc(Cl)c(Cl)c5)CC[C@]4(C)[C@@H]3CC[C@@]21C. The molecule has 0 bridgehead atoms. The summed E-state index contributed by atoms with van der Waals surface area (Å²) >= 11 is 12.1. The van der Waals surface area contributed by atoms with Crippen molar-refractivity contribution in [2.75, 3.05) is 5.32 Å². The number of halogens is 2. The molecule has 0 radical (unpaired) electrons. The second kappa shape index (κ2) is 11.6. The number of carbonyl (C=O) groups excluding carboxylic acids is 1. The van der Waals surface area contributed by atoms with E-state index in [-0.39, 0.29) is 11.5 Å². The Kier molecular flexibility index (Phi) is 8.71. The molecule has 1 N–H and O–H groups in total. The van der Waals surface area contributed by atoms with Crippen molar-refractivity contribution in [1.29, 1.82) is 0 Å². The van der Waals surface area contributed by atoms with Crippen LogP contribution in [-0.4, -0.2) is 12.2 Å². The van der Waals surface area contributed by atoms with Gasteiger partial charge in [-0.1, -0.05) is 88.7 Å². The molecule has 1 amide bonds. The lowest BCUT2D eigenvalue weighted by Gasteiger charge is -2.58. The molecular formula is C34H49Cl2NO2. The predicted octanol–water partition coefficient (Wildman–Crippen LogP) is 11.0. The average Bonchev–Trinajstić information content (AvgIpc) is 3.23. The molecule has 0 unspecified atom stereocenters. The number of anilines is 1. The molecule has 8 atom stereocenters. The first-order valence-corrected chi connectivity index (χ1v) is 16.4. The van der Waals surface area contributed by atoms with Gasteiger partial charge in [-0.3, -0.25) is 5.32 Å². The Bertz CT molecular complexity index is 1080. The molecule has 3 fully saturated rings. The van der Waals surface area contributed by atoms with Gasteiger partial charge in [0, 0.05) is 12.1 Å². The Morgan fingerprint density at radius 3 is 2.56 bits per heavy atom. The summed E-state index contributed by atoms with van der Waals surface area (Å²) in [6.07, 6.45) is 16.0. The molecule has 39 heavy (non-hydrogen) atoms. The average molecular weight is 575 g/mol. The fourth-order valence-corrected chi connectivity index (χ4v) is 9.92. The number of amides is 1. The number of benzene rings is 1. The molecule has 216 valence electrons. The number of nitrogens with one attached hydrogen (secondary N) is 1. The maximum Gasteiger partial charge on any atom is 0.411 e. The molecule has 0 aliphatic heterocycles. The number of hydrogen-bond donors (Lipinski definition) is 1.